The lowest BCUT2D eigenvalue weighted by Crippen LogP contribution is -2.57. The summed E-state index contributed by atoms with van der Waals surface area (Å²) < 4.78 is 10.5. The number of piperidine rings is 2. The van der Waals surface area contributed by atoms with Crippen molar-refractivity contribution in [3.05, 3.63) is 58.7 Å². The minimum atomic E-state index is -1.15. The van der Waals surface area contributed by atoms with Gasteiger partial charge in [-0.15, -0.1) is 0 Å². The number of amides is 10. The van der Waals surface area contributed by atoms with Crippen molar-refractivity contribution in [1.29, 1.82) is 0 Å². The maximum atomic E-state index is 13.5. The van der Waals surface area contributed by atoms with E-state index in [-0.39, 0.29) is 61.3 Å². The second-order valence-electron chi connectivity index (χ2n) is 16.0. The highest BCUT2D eigenvalue weighted by Crippen LogP contribution is 2.35. The highest BCUT2D eigenvalue weighted by atomic mass is 16.6. The maximum Gasteiger partial charge on any atom is 0.424 e. The molecule has 0 spiro atoms. The van der Waals surface area contributed by atoms with Crippen LogP contribution in [0.25, 0.3) is 0 Å². The Labute approximate surface area is 326 Å². The van der Waals surface area contributed by atoms with Crippen molar-refractivity contribution in [3.63, 3.8) is 0 Å². The number of imide groups is 6. The van der Waals surface area contributed by atoms with Gasteiger partial charge in [-0.2, -0.15) is 9.80 Å². The zero-order valence-electron chi connectivity index (χ0n) is 32.3. The van der Waals surface area contributed by atoms with Gasteiger partial charge in [-0.1, -0.05) is 12.1 Å². The number of nitrogens with one attached hydrogen (secondary N) is 2. The first-order valence-corrected chi connectivity index (χ1v) is 18.3. The molecule has 2 fully saturated rings. The van der Waals surface area contributed by atoms with E-state index in [0.717, 1.165) is 0 Å². The van der Waals surface area contributed by atoms with Crippen molar-refractivity contribution in [3.8, 4) is 0 Å². The fraction of sp³-hybridized carbons (Fsp3) is 0.436. The minimum absolute atomic E-state index is 0.0216. The molecule has 18 heteroatoms. The number of benzene rings is 2. The Bertz CT molecular complexity index is 2000. The lowest BCUT2D eigenvalue weighted by molar-refractivity contribution is -0.152. The second kappa shape index (κ2) is 14.9. The van der Waals surface area contributed by atoms with Gasteiger partial charge in [0.25, 0.3) is 23.6 Å². The SMILES string of the molecule is CC(C)(C)OC(=O)N1C(=O)CCC(N2Cc3c(NC(=O)CC(=O)Nc4cccc5c4CN(C4CCC(=O)N(C(=O)OC(C)(C)C)C4=O)C5=O)cccc3C2=O)C1=O. The molecule has 57 heavy (non-hydrogen) atoms. The molecule has 4 heterocycles. The molecule has 18 nitrogen and oxygen atoms in total. The number of rotatable bonds is 6. The Hall–Kier alpha value is -6.46. The molecule has 0 aromatic heterocycles. The van der Waals surface area contributed by atoms with Crippen LogP contribution in [0.1, 0.15) is 105 Å². The van der Waals surface area contributed by atoms with Gasteiger partial charge in [-0.25, -0.2) is 9.59 Å². The summed E-state index contributed by atoms with van der Waals surface area (Å²) in [5, 5.41) is 5.29. The first-order chi connectivity index (χ1) is 26.6. The summed E-state index contributed by atoms with van der Waals surface area (Å²) in [6.07, 6.45) is -3.35. The first kappa shape index (κ1) is 40.2. The summed E-state index contributed by atoms with van der Waals surface area (Å²) in [7, 11) is 0. The highest BCUT2D eigenvalue weighted by Gasteiger charge is 2.48. The van der Waals surface area contributed by atoms with E-state index in [0.29, 0.717) is 20.9 Å². The molecule has 4 aliphatic heterocycles. The number of carbonyl (C=O) groups is 10. The summed E-state index contributed by atoms with van der Waals surface area (Å²) in [6.45, 7) is 9.26. The third-order valence-electron chi connectivity index (χ3n) is 9.54. The molecule has 2 N–H and O–H groups in total. The van der Waals surface area contributed by atoms with Crippen LogP contribution in [0.15, 0.2) is 36.4 Å². The lowest BCUT2D eigenvalue weighted by Gasteiger charge is -2.35. The lowest BCUT2D eigenvalue weighted by atomic mass is 10.0. The van der Waals surface area contributed by atoms with Gasteiger partial charge in [-0.3, -0.25) is 38.4 Å². The van der Waals surface area contributed by atoms with Gasteiger partial charge < -0.3 is 29.9 Å². The number of carbonyl (C=O) groups excluding carboxylic acids is 10. The first-order valence-electron chi connectivity index (χ1n) is 18.3. The van der Waals surface area contributed by atoms with Crippen molar-refractivity contribution in [2.45, 2.75) is 110 Å². The van der Waals surface area contributed by atoms with Crippen molar-refractivity contribution >= 4 is 70.8 Å². The van der Waals surface area contributed by atoms with Crippen LogP contribution in [-0.4, -0.2) is 102 Å². The number of ether oxygens (including phenoxy) is 2. The Kier molecular flexibility index (Phi) is 10.5. The normalized spacial score (nSPS) is 19.8. The summed E-state index contributed by atoms with van der Waals surface area (Å²) >= 11 is 0. The van der Waals surface area contributed by atoms with E-state index in [2.05, 4.69) is 10.6 Å². The van der Waals surface area contributed by atoms with E-state index in [9.17, 15) is 47.9 Å². The molecule has 4 aliphatic rings. The van der Waals surface area contributed by atoms with E-state index < -0.39 is 89.2 Å². The van der Waals surface area contributed by atoms with E-state index in [4.69, 9.17) is 9.47 Å². The molecule has 2 atom stereocenters. The molecule has 2 aromatic rings. The van der Waals surface area contributed by atoms with Crippen LogP contribution in [0.4, 0.5) is 21.0 Å². The van der Waals surface area contributed by atoms with Gasteiger partial charge in [-0.05, 0) is 78.6 Å². The summed E-state index contributed by atoms with van der Waals surface area (Å²) in [6, 6.07) is 6.81. The monoisotopic (exact) mass is 786 g/mol. The Balaban J connectivity index is 1.10. The van der Waals surface area contributed by atoms with Crippen LogP contribution in [0.3, 0.4) is 0 Å². The summed E-state index contributed by atoms with van der Waals surface area (Å²) in [4.78, 5) is 134. The molecule has 2 unspecified atom stereocenters. The number of nitrogens with zero attached hydrogens (tertiary/aromatic N) is 4. The average Bonchev–Trinajstić information content (AvgIpc) is 3.60. The molecule has 2 aromatic carbocycles. The summed E-state index contributed by atoms with van der Waals surface area (Å²) in [5.41, 5.74) is -0.425. The van der Waals surface area contributed by atoms with Crippen LogP contribution in [0.2, 0.25) is 0 Å². The topological polar surface area (TPSA) is 226 Å². The predicted octanol–water partition coefficient (Wildman–Crippen LogP) is 3.47. The number of hydrogen-bond donors (Lipinski definition) is 2. The molecule has 0 bridgehead atoms. The molecular weight excluding hydrogens is 744 g/mol. The summed E-state index contributed by atoms with van der Waals surface area (Å²) in [5.74, 6) is -5.86. The molecule has 300 valence electrons. The largest absolute Gasteiger partial charge is 0.443 e. The number of anilines is 2. The fourth-order valence-corrected chi connectivity index (χ4v) is 7.09. The molecule has 2 saturated heterocycles. The smallest absolute Gasteiger partial charge is 0.424 e. The molecule has 6 rings (SSSR count). The Morgan fingerprint density at radius 2 is 0.982 bits per heavy atom. The molecule has 0 saturated carbocycles. The maximum absolute atomic E-state index is 13.5. The van der Waals surface area contributed by atoms with Crippen LogP contribution in [0, 0.1) is 0 Å². The number of hydrogen-bond acceptors (Lipinski definition) is 12. The van der Waals surface area contributed by atoms with E-state index in [1.54, 1.807) is 41.5 Å². The van der Waals surface area contributed by atoms with Crippen LogP contribution in [0.5, 0.6) is 0 Å². The van der Waals surface area contributed by atoms with E-state index in [1.807, 2.05) is 0 Å². The third-order valence-corrected chi connectivity index (χ3v) is 9.54. The van der Waals surface area contributed by atoms with Gasteiger partial charge in [0, 0.05) is 59.6 Å². The molecule has 0 radical (unpaired) electrons. The van der Waals surface area contributed by atoms with Crippen LogP contribution in [-0.2, 0) is 51.3 Å². The van der Waals surface area contributed by atoms with Crippen LogP contribution >= 0.6 is 0 Å². The minimum Gasteiger partial charge on any atom is -0.443 e. The van der Waals surface area contributed by atoms with Gasteiger partial charge in [0.15, 0.2) is 0 Å². The van der Waals surface area contributed by atoms with Gasteiger partial charge >= 0.3 is 12.2 Å². The van der Waals surface area contributed by atoms with Crippen molar-refractivity contribution in [2.24, 2.45) is 0 Å². The van der Waals surface area contributed by atoms with Gasteiger partial charge in [0.2, 0.25) is 23.6 Å². The van der Waals surface area contributed by atoms with Crippen molar-refractivity contribution in [2.75, 3.05) is 10.6 Å². The Morgan fingerprint density at radius 1 is 0.614 bits per heavy atom. The standard InChI is InChI=1S/C39H42N6O12/c1-38(2,3)56-36(54)44-30(48)15-13-26(34(44)52)42-18-22-20(32(42)50)9-7-11-24(22)40-28(46)17-29(47)41-25-12-8-10-21-23(25)19-43(33(21)51)27-14-16-31(49)45(35(27)53)37(55)57-39(4,5)6/h7-12,26-27H,13-19H2,1-6H3,(H,40,46)(H,41,47). The second-order valence-corrected chi connectivity index (χ2v) is 16.0. The van der Waals surface area contributed by atoms with Crippen LogP contribution < -0.4 is 10.6 Å². The molecule has 10 amide bonds. The quantitative estimate of drug-likeness (QED) is 0.317. The van der Waals surface area contributed by atoms with Gasteiger partial charge in [0.1, 0.15) is 29.7 Å². The molecular formula is C39H42N6O12. The number of fused-ring (bicyclic) bond motifs is 2. The highest BCUT2D eigenvalue weighted by molar-refractivity contribution is 6.15. The number of likely N-dealkylation sites (tertiary alicyclic amines) is 2. The van der Waals surface area contributed by atoms with Crippen molar-refractivity contribution in [1.82, 2.24) is 19.6 Å². The molecule has 0 aliphatic carbocycles. The Morgan fingerprint density at radius 3 is 1.33 bits per heavy atom. The van der Waals surface area contributed by atoms with Gasteiger partial charge in [0.05, 0.1) is 0 Å². The third kappa shape index (κ3) is 8.10. The predicted molar refractivity (Wildman–Crippen MR) is 197 cm³/mol. The van der Waals surface area contributed by atoms with E-state index in [1.165, 1.54) is 46.2 Å². The zero-order chi connectivity index (χ0) is 41.7. The fourth-order valence-electron chi connectivity index (χ4n) is 7.09. The van der Waals surface area contributed by atoms with Crippen molar-refractivity contribution < 1.29 is 57.4 Å². The zero-order valence-corrected chi connectivity index (χ0v) is 32.3. The van der Waals surface area contributed by atoms with E-state index >= 15 is 0 Å². The average molecular weight is 787 g/mol.